The smallest absolute Gasteiger partial charge is 0.408 e. The molecule has 0 aliphatic heterocycles. The fourth-order valence-corrected chi connectivity index (χ4v) is 3.02. The number of oxazole rings is 1. The average Bonchev–Trinajstić information content (AvgIpc) is 3.22. The summed E-state index contributed by atoms with van der Waals surface area (Å²) in [5.41, 5.74) is 3.76. The van der Waals surface area contributed by atoms with Crippen LogP contribution in [0.4, 0.5) is 5.69 Å². The predicted octanol–water partition coefficient (Wildman–Crippen LogP) is 3.12. The molecule has 0 radical (unpaired) electrons. The van der Waals surface area contributed by atoms with Crippen LogP contribution >= 0.6 is 0 Å². The van der Waals surface area contributed by atoms with E-state index < -0.39 is 5.76 Å². The molecule has 0 fully saturated rings. The molecule has 4 aromatic rings. The summed E-state index contributed by atoms with van der Waals surface area (Å²) in [5.74, 6) is -0.637. The normalized spacial score (nSPS) is 11.0. The summed E-state index contributed by atoms with van der Waals surface area (Å²) in [6, 6.07) is 16.5. The zero-order chi connectivity index (χ0) is 18.8. The van der Waals surface area contributed by atoms with Gasteiger partial charge >= 0.3 is 5.76 Å². The Morgan fingerprint density at radius 3 is 2.81 bits per heavy atom. The third kappa shape index (κ3) is 3.39. The highest BCUT2D eigenvalue weighted by molar-refractivity contribution is 5.91. The number of fused-ring (bicyclic) bond motifs is 1. The summed E-state index contributed by atoms with van der Waals surface area (Å²) in [4.78, 5) is 24.3. The molecule has 0 spiro atoms. The lowest BCUT2D eigenvalue weighted by Crippen LogP contribution is -2.19. The average molecular weight is 362 g/mol. The Morgan fingerprint density at radius 2 is 2.00 bits per heavy atom. The number of carbonyl (C=O) groups excluding carboxylic acids is 1. The summed E-state index contributed by atoms with van der Waals surface area (Å²) in [7, 11) is 0. The molecule has 27 heavy (non-hydrogen) atoms. The summed E-state index contributed by atoms with van der Waals surface area (Å²) in [5, 5.41) is 7.14. The van der Waals surface area contributed by atoms with Crippen LogP contribution in [0.5, 0.6) is 0 Å². The summed E-state index contributed by atoms with van der Waals surface area (Å²) < 4.78 is 8.45. The third-order valence-electron chi connectivity index (χ3n) is 4.34. The Bertz CT molecular complexity index is 1170. The topological polar surface area (TPSA) is 82.1 Å². The van der Waals surface area contributed by atoms with Gasteiger partial charge in [0.1, 0.15) is 0 Å². The molecule has 0 aliphatic carbocycles. The number of nitrogens with one attached hydrogen (secondary N) is 1. The van der Waals surface area contributed by atoms with Crippen molar-refractivity contribution in [2.45, 2.75) is 19.9 Å². The van der Waals surface area contributed by atoms with Gasteiger partial charge in [0.25, 0.3) is 0 Å². The van der Waals surface area contributed by atoms with Gasteiger partial charge in [-0.1, -0.05) is 18.2 Å². The van der Waals surface area contributed by atoms with Gasteiger partial charge in [0, 0.05) is 30.5 Å². The maximum Gasteiger partial charge on any atom is 0.419 e. The molecule has 7 nitrogen and oxygen atoms in total. The molecular weight excluding hydrogens is 344 g/mol. The first kappa shape index (κ1) is 16.8. The van der Waals surface area contributed by atoms with Crippen LogP contribution in [0.15, 0.2) is 70.0 Å². The fourth-order valence-electron chi connectivity index (χ4n) is 3.02. The van der Waals surface area contributed by atoms with Crippen LogP contribution < -0.4 is 11.1 Å². The first-order chi connectivity index (χ1) is 13.1. The number of aromatic nitrogens is 3. The van der Waals surface area contributed by atoms with E-state index in [9.17, 15) is 9.59 Å². The zero-order valence-corrected chi connectivity index (χ0v) is 14.8. The van der Waals surface area contributed by atoms with E-state index in [2.05, 4.69) is 10.4 Å². The molecule has 0 bridgehead atoms. The molecule has 0 aliphatic rings. The van der Waals surface area contributed by atoms with Gasteiger partial charge in [-0.2, -0.15) is 5.10 Å². The second-order valence-corrected chi connectivity index (χ2v) is 6.22. The van der Waals surface area contributed by atoms with Crippen molar-refractivity contribution >= 4 is 22.7 Å². The van der Waals surface area contributed by atoms with Crippen molar-refractivity contribution in [2.75, 3.05) is 5.32 Å². The number of aryl methyl sites for hydroxylation is 2. The van der Waals surface area contributed by atoms with Gasteiger partial charge in [-0.25, -0.2) is 9.48 Å². The number of anilines is 1. The number of benzene rings is 2. The maximum atomic E-state index is 12.3. The Labute approximate surface area is 154 Å². The molecule has 1 N–H and O–H groups in total. The Morgan fingerprint density at radius 1 is 1.15 bits per heavy atom. The quantitative estimate of drug-likeness (QED) is 0.591. The Balaban J connectivity index is 1.46. The van der Waals surface area contributed by atoms with Crippen LogP contribution in [0.1, 0.15) is 12.1 Å². The van der Waals surface area contributed by atoms with Crippen LogP contribution in [-0.4, -0.2) is 20.3 Å². The number of rotatable bonds is 5. The lowest BCUT2D eigenvalue weighted by atomic mass is 10.2. The van der Waals surface area contributed by atoms with Crippen molar-refractivity contribution in [3.63, 3.8) is 0 Å². The number of carbonyl (C=O) groups is 1. The van der Waals surface area contributed by atoms with Crippen molar-refractivity contribution < 1.29 is 9.21 Å². The lowest BCUT2D eigenvalue weighted by molar-refractivity contribution is -0.116. The van der Waals surface area contributed by atoms with Gasteiger partial charge < -0.3 is 9.73 Å². The van der Waals surface area contributed by atoms with Crippen LogP contribution in [0.25, 0.3) is 16.8 Å². The molecule has 2 heterocycles. The van der Waals surface area contributed by atoms with E-state index in [0.717, 1.165) is 11.4 Å². The second-order valence-electron chi connectivity index (χ2n) is 6.22. The van der Waals surface area contributed by atoms with Gasteiger partial charge in [0.2, 0.25) is 5.91 Å². The maximum absolute atomic E-state index is 12.3. The highest BCUT2D eigenvalue weighted by atomic mass is 16.4. The van der Waals surface area contributed by atoms with Crippen molar-refractivity contribution in [1.29, 1.82) is 0 Å². The van der Waals surface area contributed by atoms with Crippen molar-refractivity contribution in [1.82, 2.24) is 14.3 Å². The van der Waals surface area contributed by atoms with Crippen LogP contribution in [0, 0.1) is 6.92 Å². The van der Waals surface area contributed by atoms with Gasteiger partial charge in [0.05, 0.1) is 11.2 Å². The lowest BCUT2D eigenvalue weighted by Gasteiger charge is -2.09. The van der Waals surface area contributed by atoms with Gasteiger partial charge in [0.15, 0.2) is 5.58 Å². The van der Waals surface area contributed by atoms with E-state index in [1.165, 1.54) is 4.57 Å². The second kappa shape index (κ2) is 6.95. The predicted molar refractivity (Wildman–Crippen MR) is 102 cm³/mol. The van der Waals surface area contributed by atoms with E-state index in [1.807, 2.05) is 43.3 Å². The summed E-state index contributed by atoms with van der Waals surface area (Å²) in [6.45, 7) is 2.21. The van der Waals surface area contributed by atoms with E-state index >= 15 is 0 Å². The highest BCUT2D eigenvalue weighted by Gasteiger charge is 2.11. The van der Waals surface area contributed by atoms with Crippen molar-refractivity contribution in [2.24, 2.45) is 0 Å². The first-order valence-corrected chi connectivity index (χ1v) is 8.61. The molecule has 136 valence electrons. The minimum atomic E-state index is -0.458. The number of para-hydroxylation sites is 2. The van der Waals surface area contributed by atoms with E-state index in [0.29, 0.717) is 16.8 Å². The minimum absolute atomic E-state index is 0.161. The fraction of sp³-hybridized carbons (Fsp3) is 0.150. The monoisotopic (exact) mass is 362 g/mol. The van der Waals surface area contributed by atoms with Gasteiger partial charge in [-0.3, -0.25) is 9.36 Å². The van der Waals surface area contributed by atoms with Crippen LogP contribution in [0.3, 0.4) is 0 Å². The largest absolute Gasteiger partial charge is 0.419 e. The molecule has 2 aromatic heterocycles. The van der Waals surface area contributed by atoms with E-state index in [1.54, 1.807) is 29.1 Å². The summed E-state index contributed by atoms with van der Waals surface area (Å²) in [6.07, 6.45) is 1.89. The first-order valence-electron chi connectivity index (χ1n) is 8.61. The number of hydrogen-bond acceptors (Lipinski definition) is 4. The Kier molecular flexibility index (Phi) is 4.33. The number of amides is 1. The number of nitrogens with zero attached hydrogens (tertiary/aromatic N) is 3. The molecule has 0 saturated heterocycles. The van der Waals surface area contributed by atoms with Crippen LogP contribution in [-0.2, 0) is 11.3 Å². The molecule has 1 amide bonds. The molecule has 0 unspecified atom stereocenters. The molecule has 4 rings (SSSR count). The SMILES string of the molecule is Cc1ccnn1-c1cccc(NC(=O)CCn2c(=O)oc3ccccc32)c1. The third-order valence-corrected chi connectivity index (χ3v) is 4.34. The zero-order valence-electron chi connectivity index (χ0n) is 14.8. The minimum Gasteiger partial charge on any atom is -0.408 e. The molecule has 7 heteroatoms. The standard InChI is InChI=1S/C20H18N4O3/c1-14-9-11-21-24(14)16-6-4-5-15(13-16)22-19(25)10-12-23-17-7-2-3-8-18(17)27-20(23)26/h2-9,11,13H,10,12H2,1H3,(H,22,25). The molecule has 0 atom stereocenters. The van der Waals surface area contributed by atoms with E-state index in [-0.39, 0.29) is 18.9 Å². The number of hydrogen-bond donors (Lipinski definition) is 1. The van der Waals surface area contributed by atoms with Crippen molar-refractivity contribution in [3.8, 4) is 5.69 Å². The van der Waals surface area contributed by atoms with E-state index in [4.69, 9.17) is 4.42 Å². The van der Waals surface area contributed by atoms with Crippen LogP contribution in [0.2, 0.25) is 0 Å². The van der Waals surface area contributed by atoms with Gasteiger partial charge in [-0.15, -0.1) is 0 Å². The van der Waals surface area contributed by atoms with Crippen molar-refractivity contribution in [3.05, 3.63) is 77.0 Å². The Hall–Kier alpha value is -3.61. The molecule has 2 aromatic carbocycles. The summed E-state index contributed by atoms with van der Waals surface area (Å²) >= 11 is 0. The highest BCUT2D eigenvalue weighted by Crippen LogP contribution is 2.16. The van der Waals surface area contributed by atoms with Gasteiger partial charge in [-0.05, 0) is 43.3 Å². The molecule has 0 saturated carbocycles. The molecular formula is C20H18N4O3.